The summed E-state index contributed by atoms with van der Waals surface area (Å²) < 4.78 is 0. The summed E-state index contributed by atoms with van der Waals surface area (Å²) in [6, 6.07) is 8.21. The van der Waals surface area contributed by atoms with E-state index in [-0.39, 0.29) is 0 Å². The van der Waals surface area contributed by atoms with Gasteiger partial charge in [-0.2, -0.15) is 0 Å². The molecule has 4 nitrogen and oxygen atoms in total. The van der Waals surface area contributed by atoms with Gasteiger partial charge in [0.1, 0.15) is 5.01 Å². The Kier molecular flexibility index (Phi) is 4.12. The van der Waals surface area contributed by atoms with E-state index in [0.29, 0.717) is 12.6 Å². The number of thiazole rings is 1. The van der Waals surface area contributed by atoms with Crippen LogP contribution in [0.15, 0.2) is 29.3 Å². The highest BCUT2D eigenvalue weighted by Gasteiger charge is 2.14. The van der Waals surface area contributed by atoms with Gasteiger partial charge >= 0.3 is 0 Å². The molecule has 2 N–H and O–H groups in total. The van der Waals surface area contributed by atoms with Gasteiger partial charge in [0, 0.05) is 21.5 Å². The predicted octanol–water partition coefficient (Wildman–Crippen LogP) is 3.21. The lowest BCUT2D eigenvalue weighted by Gasteiger charge is -2.06. The maximum atomic E-state index is 5.93. The minimum Gasteiger partial charge on any atom is -0.352 e. The first kappa shape index (κ1) is 14.4. The number of guanidine groups is 1. The SMILES string of the molecule is Cc1sc(CNC2=NCC(C)N2)nc1-c1ccc(Cl)cc1. The van der Waals surface area contributed by atoms with Crippen LogP contribution >= 0.6 is 22.9 Å². The van der Waals surface area contributed by atoms with E-state index in [4.69, 9.17) is 16.6 Å². The Labute approximate surface area is 133 Å². The molecule has 0 aliphatic carbocycles. The minimum absolute atomic E-state index is 0.412. The van der Waals surface area contributed by atoms with E-state index in [1.165, 1.54) is 4.88 Å². The summed E-state index contributed by atoms with van der Waals surface area (Å²) in [5.41, 5.74) is 2.13. The molecule has 1 aromatic carbocycles. The van der Waals surface area contributed by atoms with Gasteiger partial charge in [0.15, 0.2) is 5.96 Å². The van der Waals surface area contributed by atoms with Crippen LogP contribution in [0.5, 0.6) is 0 Å². The van der Waals surface area contributed by atoms with E-state index in [9.17, 15) is 0 Å². The van der Waals surface area contributed by atoms with Crippen molar-refractivity contribution in [1.29, 1.82) is 0 Å². The summed E-state index contributed by atoms with van der Waals surface area (Å²) in [6.45, 7) is 5.73. The van der Waals surface area contributed by atoms with Crippen molar-refractivity contribution in [3.63, 3.8) is 0 Å². The Hall–Kier alpha value is -1.59. The minimum atomic E-state index is 0.412. The molecule has 2 aromatic rings. The molecule has 21 heavy (non-hydrogen) atoms. The maximum Gasteiger partial charge on any atom is 0.191 e. The smallest absolute Gasteiger partial charge is 0.191 e. The van der Waals surface area contributed by atoms with Gasteiger partial charge in [0.2, 0.25) is 0 Å². The summed E-state index contributed by atoms with van der Waals surface area (Å²) in [5, 5.41) is 8.38. The summed E-state index contributed by atoms with van der Waals surface area (Å²) in [7, 11) is 0. The number of nitrogens with zero attached hydrogens (tertiary/aromatic N) is 2. The highest BCUT2D eigenvalue weighted by molar-refractivity contribution is 7.12. The van der Waals surface area contributed by atoms with Crippen molar-refractivity contribution in [3.8, 4) is 11.3 Å². The monoisotopic (exact) mass is 320 g/mol. The fourth-order valence-corrected chi connectivity index (χ4v) is 3.24. The zero-order chi connectivity index (χ0) is 14.8. The molecular formula is C15H17ClN4S. The third-order valence-electron chi connectivity index (χ3n) is 3.27. The summed E-state index contributed by atoms with van der Waals surface area (Å²) in [6.07, 6.45) is 0. The summed E-state index contributed by atoms with van der Waals surface area (Å²) in [4.78, 5) is 10.3. The van der Waals surface area contributed by atoms with E-state index in [1.807, 2.05) is 24.3 Å². The van der Waals surface area contributed by atoms with Crippen molar-refractivity contribution >= 4 is 28.9 Å². The van der Waals surface area contributed by atoms with Gasteiger partial charge in [-0.3, -0.25) is 4.99 Å². The molecule has 3 rings (SSSR count). The topological polar surface area (TPSA) is 49.3 Å². The number of hydrogen-bond donors (Lipinski definition) is 2. The molecule has 0 amide bonds. The van der Waals surface area contributed by atoms with Crippen molar-refractivity contribution < 1.29 is 0 Å². The first-order valence-electron chi connectivity index (χ1n) is 6.89. The average Bonchev–Trinajstić information content (AvgIpc) is 3.04. The zero-order valence-electron chi connectivity index (χ0n) is 12.0. The van der Waals surface area contributed by atoms with Crippen LogP contribution in [0.2, 0.25) is 5.02 Å². The molecule has 110 valence electrons. The van der Waals surface area contributed by atoms with Crippen LogP contribution in [0.3, 0.4) is 0 Å². The Morgan fingerprint density at radius 1 is 1.38 bits per heavy atom. The number of aliphatic imine (C=N–C) groups is 1. The molecule has 0 saturated heterocycles. The number of benzene rings is 1. The molecule has 1 aliphatic heterocycles. The lowest BCUT2D eigenvalue weighted by Crippen LogP contribution is -2.37. The standard InChI is InChI=1S/C15H17ClN4S/c1-9-7-17-15(19-9)18-8-13-20-14(10(2)21-13)11-3-5-12(16)6-4-11/h3-6,9H,7-8H2,1-2H3,(H2,17,18,19). The van der Waals surface area contributed by atoms with Crippen molar-refractivity contribution in [2.75, 3.05) is 6.54 Å². The lowest BCUT2D eigenvalue weighted by atomic mass is 10.1. The number of halogens is 1. The molecule has 1 atom stereocenters. The highest BCUT2D eigenvalue weighted by Crippen LogP contribution is 2.28. The van der Waals surface area contributed by atoms with Crippen LogP contribution in [0, 0.1) is 6.92 Å². The quantitative estimate of drug-likeness (QED) is 0.913. The average molecular weight is 321 g/mol. The first-order chi connectivity index (χ1) is 10.1. The van der Waals surface area contributed by atoms with Gasteiger partial charge in [0.05, 0.1) is 18.8 Å². The Morgan fingerprint density at radius 2 is 2.14 bits per heavy atom. The second-order valence-corrected chi connectivity index (χ2v) is 6.83. The van der Waals surface area contributed by atoms with Crippen LogP contribution in [0.25, 0.3) is 11.3 Å². The molecule has 6 heteroatoms. The van der Waals surface area contributed by atoms with Crippen molar-refractivity contribution in [1.82, 2.24) is 15.6 Å². The Morgan fingerprint density at radius 3 is 2.81 bits per heavy atom. The molecular weight excluding hydrogens is 304 g/mol. The number of aryl methyl sites for hydroxylation is 1. The molecule has 0 radical (unpaired) electrons. The number of nitrogens with one attached hydrogen (secondary N) is 2. The second kappa shape index (κ2) is 6.03. The largest absolute Gasteiger partial charge is 0.352 e. The van der Waals surface area contributed by atoms with E-state index in [2.05, 4.69) is 29.5 Å². The van der Waals surface area contributed by atoms with Gasteiger partial charge in [-0.1, -0.05) is 23.7 Å². The molecule has 0 bridgehead atoms. The molecule has 1 aromatic heterocycles. The first-order valence-corrected chi connectivity index (χ1v) is 8.08. The van der Waals surface area contributed by atoms with Crippen LogP contribution in [-0.2, 0) is 6.54 Å². The van der Waals surface area contributed by atoms with Crippen LogP contribution in [0.1, 0.15) is 16.8 Å². The van der Waals surface area contributed by atoms with Crippen molar-refractivity contribution in [3.05, 3.63) is 39.2 Å². The summed E-state index contributed by atoms with van der Waals surface area (Å²) >= 11 is 7.64. The third kappa shape index (κ3) is 3.36. The zero-order valence-corrected chi connectivity index (χ0v) is 13.6. The second-order valence-electron chi connectivity index (χ2n) is 5.11. The normalized spacial score (nSPS) is 17.5. The van der Waals surface area contributed by atoms with E-state index in [1.54, 1.807) is 11.3 Å². The van der Waals surface area contributed by atoms with Gasteiger partial charge in [-0.15, -0.1) is 11.3 Å². The fraction of sp³-hybridized carbons (Fsp3) is 0.333. The van der Waals surface area contributed by atoms with Crippen molar-refractivity contribution in [2.45, 2.75) is 26.4 Å². The molecule has 2 heterocycles. The number of hydrogen-bond acceptors (Lipinski definition) is 5. The van der Waals surface area contributed by atoms with Gasteiger partial charge < -0.3 is 10.6 Å². The van der Waals surface area contributed by atoms with Crippen LogP contribution < -0.4 is 10.6 Å². The van der Waals surface area contributed by atoms with Crippen molar-refractivity contribution in [2.24, 2.45) is 4.99 Å². The van der Waals surface area contributed by atoms with E-state index < -0.39 is 0 Å². The third-order valence-corrected chi connectivity index (χ3v) is 4.49. The molecule has 0 saturated carbocycles. The van der Waals surface area contributed by atoms with Gasteiger partial charge in [0.25, 0.3) is 0 Å². The highest BCUT2D eigenvalue weighted by atomic mass is 35.5. The number of rotatable bonds is 3. The van der Waals surface area contributed by atoms with E-state index >= 15 is 0 Å². The Balaban J connectivity index is 1.71. The summed E-state index contributed by atoms with van der Waals surface area (Å²) in [5.74, 6) is 0.864. The number of aromatic nitrogens is 1. The fourth-order valence-electron chi connectivity index (χ4n) is 2.22. The maximum absolute atomic E-state index is 5.93. The van der Waals surface area contributed by atoms with Crippen LogP contribution in [-0.4, -0.2) is 23.5 Å². The predicted molar refractivity (Wildman–Crippen MR) is 89.0 cm³/mol. The Bertz CT molecular complexity index is 663. The van der Waals surface area contributed by atoms with Crippen LogP contribution in [0.4, 0.5) is 0 Å². The molecule has 0 spiro atoms. The lowest BCUT2D eigenvalue weighted by molar-refractivity contribution is 0.713. The van der Waals surface area contributed by atoms with E-state index in [0.717, 1.165) is 33.8 Å². The van der Waals surface area contributed by atoms with Gasteiger partial charge in [-0.25, -0.2) is 4.98 Å². The molecule has 1 aliphatic rings. The molecule has 1 unspecified atom stereocenters. The molecule has 0 fully saturated rings. The van der Waals surface area contributed by atoms with Gasteiger partial charge in [-0.05, 0) is 26.0 Å².